The highest BCUT2D eigenvalue weighted by atomic mass is 35.5. The van der Waals surface area contributed by atoms with Gasteiger partial charge in [0.1, 0.15) is 6.61 Å². The van der Waals surface area contributed by atoms with Crippen LogP contribution in [0.3, 0.4) is 0 Å². The van der Waals surface area contributed by atoms with Crippen molar-refractivity contribution in [3.8, 4) is 11.5 Å². The van der Waals surface area contributed by atoms with Crippen LogP contribution in [-0.4, -0.2) is 15.2 Å². The fourth-order valence-corrected chi connectivity index (χ4v) is 1.27. The van der Waals surface area contributed by atoms with E-state index in [0.29, 0.717) is 0 Å². The third-order valence-electron chi connectivity index (χ3n) is 1.79. The summed E-state index contributed by atoms with van der Waals surface area (Å²) in [6.45, 7) is -0.355. The van der Waals surface area contributed by atoms with E-state index in [-0.39, 0.29) is 28.9 Å². The van der Waals surface area contributed by atoms with Gasteiger partial charge >= 0.3 is 0 Å². The predicted octanol–water partition coefficient (Wildman–Crippen LogP) is 2.02. The van der Waals surface area contributed by atoms with Crippen LogP contribution in [0.25, 0.3) is 11.5 Å². The van der Waals surface area contributed by atoms with Crippen LogP contribution in [0.15, 0.2) is 22.7 Å². The van der Waals surface area contributed by atoms with E-state index in [1.807, 2.05) is 0 Å². The molecular weight excluding hydrogens is 223 g/mol. The molecule has 0 spiro atoms. The van der Waals surface area contributed by atoms with Crippen LogP contribution in [0.4, 0.5) is 4.39 Å². The third kappa shape index (κ3) is 1.84. The Hall–Kier alpha value is -1.46. The standard InChI is InChI=1S/C9H6ClFN2O2/c10-6-3-1-2-5(8(6)11)9-12-7(4-14)13-15-9/h1-3,14H,4H2. The maximum Gasteiger partial charge on any atom is 0.261 e. The van der Waals surface area contributed by atoms with Crippen molar-refractivity contribution in [1.82, 2.24) is 10.1 Å². The van der Waals surface area contributed by atoms with Gasteiger partial charge in [-0.1, -0.05) is 22.8 Å². The van der Waals surface area contributed by atoms with Crippen molar-refractivity contribution in [3.63, 3.8) is 0 Å². The molecule has 6 heteroatoms. The predicted molar refractivity (Wildman–Crippen MR) is 50.6 cm³/mol. The SMILES string of the molecule is OCc1noc(-c2cccc(Cl)c2F)n1. The van der Waals surface area contributed by atoms with E-state index in [1.54, 1.807) is 6.07 Å². The molecule has 2 aromatic rings. The maximum atomic E-state index is 13.5. The van der Waals surface area contributed by atoms with Gasteiger partial charge < -0.3 is 9.63 Å². The van der Waals surface area contributed by atoms with Gasteiger partial charge in [-0.3, -0.25) is 0 Å². The van der Waals surface area contributed by atoms with Gasteiger partial charge in [0.15, 0.2) is 11.6 Å². The minimum Gasteiger partial charge on any atom is -0.388 e. The van der Waals surface area contributed by atoms with Crippen LogP contribution in [0.1, 0.15) is 5.82 Å². The first-order valence-corrected chi connectivity index (χ1v) is 4.48. The van der Waals surface area contributed by atoms with E-state index >= 15 is 0 Å². The molecule has 0 bridgehead atoms. The smallest absolute Gasteiger partial charge is 0.261 e. The normalized spacial score (nSPS) is 10.6. The largest absolute Gasteiger partial charge is 0.388 e. The topological polar surface area (TPSA) is 59.2 Å². The average molecular weight is 229 g/mol. The Morgan fingerprint density at radius 2 is 2.27 bits per heavy atom. The number of aliphatic hydroxyl groups is 1. The molecule has 4 nitrogen and oxygen atoms in total. The molecular formula is C9H6ClFN2O2. The molecule has 78 valence electrons. The first-order chi connectivity index (χ1) is 7.22. The second-order valence-corrected chi connectivity index (χ2v) is 3.18. The number of benzene rings is 1. The number of aromatic nitrogens is 2. The zero-order valence-corrected chi connectivity index (χ0v) is 8.20. The number of hydrogen-bond acceptors (Lipinski definition) is 4. The number of nitrogens with zero attached hydrogens (tertiary/aromatic N) is 2. The highest BCUT2D eigenvalue weighted by Crippen LogP contribution is 2.25. The summed E-state index contributed by atoms with van der Waals surface area (Å²) in [5.74, 6) is -0.518. The molecule has 0 fully saturated rings. The monoisotopic (exact) mass is 228 g/mol. The molecule has 0 radical (unpaired) electrons. The van der Waals surface area contributed by atoms with Crippen molar-refractivity contribution >= 4 is 11.6 Å². The first-order valence-electron chi connectivity index (χ1n) is 4.10. The Morgan fingerprint density at radius 1 is 1.47 bits per heavy atom. The van der Waals surface area contributed by atoms with Gasteiger partial charge in [-0.25, -0.2) is 4.39 Å². The van der Waals surface area contributed by atoms with E-state index in [1.165, 1.54) is 12.1 Å². The van der Waals surface area contributed by atoms with E-state index in [9.17, 15) is 4.39 Å². The highest BCUT2D eigenvalue weighted by molar-refractivity contribution is 6.31. The van der Waals surface area contributed by atoms with Gasteiger partial charge in [-0.2, -0.15) is 4.98 Å². The lowest BCUT2D eigenvalue weighted by Gasteiger charge is -1.97. The average Bonchev–Trinajstić information content (AvgIpc) is 2.70. The van der Waals surface area contributed by atoms with Crippen LogP contribution >= 0.6 is 11.6 Å². The number of halogens is 2. The lowest BCUT2D eigenvalue weighted by molar-refractivity contribution is 0.264. The Labute approximate surface area is 89.3 Å². The summed E-state index contributed by atoms with van der Waals surface area (Å²) < 4.78 is 18.2. The van der Waals surface area contributed by atoms with Crippen LogP contribution in [0.2, 0.25) is 5.02 Å². The highest BCUT2D eigenvalue weighted by Gasteiger charge is 2.14. The molecule has 1 heterocycles. The van der Waals surface area contributed by atoms with Crippen molar-refractivity contribution in [1.29, 1.82) is 0 Å². The van der Waals surface area contributed by atoms with Crippen LogP contribution in [0.5, 0.6) is 0 Å². The van der Waals surface area contributed by atoms with Crippen molar-refractivity contribution in [3.05, 3.63) is 34.9 Å². The summed E-state index contributed by atoms with van der Waals surface area (Å²) in [6, 6.07) is 4.46. The van der Waals surface area contributed by atoms with Gasteiger partial charge in [0.2, 0.25) is 0 Å². The Kier molecular flexibility index (Phi) is 2.66. The minimum absolute atomic E-state index is 0.000880. The molecule has 1 aromatic heterocycles. The van der Waals surface area contributed by atoms with Crippen molar-refractivity contribution in [2.24, 2.45) is 0 Å². The molecule has 2 rings (SSSR count). The van der Waals surface area contributed by atoms with Gasteiger partial charge in [0, 0.05) is 0 Å². The second kappa shape index (κ2) is 3.96. The lowest BCUT2D eigenvalue weighted by atomic mass is 10.2. The number of rotatable bonds is 2. The summed E-state index contributed by atoms with van der Waals surface area (Å²) in [4.78, 5) is 3.77. The fraction of sp³-hybridized carbons (Fsp3) is 0.111. The van der Waals surface area contributed by atoms with Gasteiger partial charge in [0.25, 0.3) is 5.89 Å². The van der Waals surface area contributed by atoms with Crippen molar-refractivity contribution in [2.75, 3.05) is 0 Å². The molecule has 1 aromatic carbocycles. The fourth-order valence-electron chi connectivity index (χ4n) is 1.10. The number of hydrogen-bond donors (Lipinski definition) is 1. The van der Waals surface area contributed by atoms with Crippen molar-refractivity contribution < 1.29 is 14.0 Å². The molecule has 15 heavy (non-hydrogen) atoms. The molecule has 0 aliphatic carbocycles. The third-order valence-corrected chi connectivity index (χ3v) is 2.08. The second-order valence-electron chi connectivity index (χ2n) is 2.78. The summed E-state index contributed by atoms with van der Waals surface area (Å²) in [6.07, 6.45) is 0. The van der Waals surface area contributed by atoms with Gasteiger partial charge in [0.05, 0.1) is 10.6 Å². The molecule has 0 amide bonds. The summed E-state index contributed by atoms with van der Waals surface area (Å²) in [5.41, 5.74) is 0.120. The summed E-state index contributed by atoms with van der Waals surface area (Å²) in [7, 11) is 0. The van der Waals surface area contributed by atoms with Crippen LogP contribution in [-0.2, 0) is 6.61 Å². The van der Waals surface area contributed by atoms with E-state index < -0.39 is 5.82 Å². The molecule has 0 saturated carbocycles. The van der Waals surface area contributed by atoms with E-state index in [4.69, 9.17) is 21.2 Å². The first kappa shape index (κ1) is 10.1. The maximum absolute atomic E-state index is 13.5. The summed E-state index contributed by atoms with van der Waals surface area (Å²) in [5, 5.41) is 12.1. The van der Waals surface area contributed by atoms with Crippen LogP contribution in [0, 0.1) is 5.82 Å². The van der Waals surface area contributed by atoms with E-state index in [0.717, 1.165) is 0 Å². The quantitative estimate of drug-likeness (QED) is 0.854. The Balaban J connectivity index is 2.49. The molecule has 0 saturated heterocycles. The number of aliphatic hydroxyl groups excluding tert-OH is 1. The molecule has 0 aliphatic heterocycles. The van der Waals surface area contributed by atoms with Crippen LogP contribution < -0.4 is 0 Å². The van der Waals surface area contributed by atoms with Crippen molar-refractivity contribution in [2.45, 2.75) is 6.61 Å². The Morgan fingerprint density at radius 3 is 2.93 bits per heavy atom. The molecule has 0 atom stereocenters. The molecule has 0 unspecified atom stereocenters. The molecule has 0 aliphatic rings. The molecule has 1 N–H and O–H groups in total. The van der Waals surface area contributed by atoms with Gasteiger partial charge in [-0.15, -0.1) is 0 Å². The zero-order valence-electron chi connectivity index (χ0n) is 7.44. The summed E-state index contributed by atoms with van der Waals surface area (Å²) >= 11 is 5.59. The minimum atomic E-state index is -0.618. The van der Waals surface area contributed by atoms with Gasteiger partial charge in [-0.05, 0) is 12.1 Å². The van der Waals surface area contributed by atoms with E-state index in [2.05, 4.69) is 10.1 Å². The Bertz CT molecular complexity index is 487. The lowest BCUT2D eigenvalue weighted by Crippen LogP contribution is -1.87. The zero-order chi connectivity index (χ0) is 10.8.